The Morgan fingerprint density at radius 1 is 1.18 bits per heavy atom. The predicted molar refractivity (Wildman–Crippen MR) is 113 cm³/mol. The van der Waals surface area contributed by atoms with Gasteiger partial charge in [0.05, 0.1) is 12.8 Å². The van der Waals surface area contributed by atoms with Gasteiger partial charge >= 0.3 is 0 Å². The minimum Gasteiger partial charge on any atom is -0.497 e. The highest BCUT2D eigenvalue weighted by atomic mass is 32.2. The second kappa shape index (κ2) is 8.48. The summed E-state index contributed by atoms with van der Waals surface area (Å²) in [5.74, 6) is 0.395. The van der Waals surface area contributed by atoms with Gasteiger partial charge in [0.2, 0.25) is 11.8 Å². The van der Waals surface area contributed by atoms with Gasteiger partial charge in [-0.25, -0.2) is 4.99 Å². The molecule has 1 heterocycles. The van der Waals surface area contributed by atoms with Crippen LogP contribution in [0.25, 0.3) is 0 Å². The van der Waals surface area contributed by atoms with E-state index in [0.29, 0.717) is 16.6 Å². The molecule has 0 aliphatic carbocycles. The fraction of sp³-hybridized carbons (Fsp3) is 0.286. The fourth-order valence-electron chi connectivity index (χ4n) is 2.93. The number of nitrogens with one attached hydrogen (secondary N) is 1. The van der Waals surface area contributed by atoms with Crippen LogP contribution >= 0.6 is 11.8 Å². The quantitative estimate of drug-likeness (QED) is 0.831. The number of amides is 2. The summed E-state index contributed by atoms with van der Waals surface area (Å²) in [6.45, 7) is 3.99. The average molecular weight is 398 g/mol. The smallest absolute Gasteiger partial charge is 0.242 e. The van der Waals surface area contributed by atoms with Gasteiger partial charge in [0.25, 0.3) is 0 Å². The number of nitrogens with zero attached hydrogens (tertiary/aromatic N) is 2. The Morgan fingerprint density at radius 2 is 1.82 bits per heavy atom. The Hall–Kier alpha value is -2.80. The van der Waals surface area contributed by atoms with Crippen LogP contribution in [0, 0.1) is 13.8 Å². The molecule has 1 atom stereocenters. The number of para-hydroxylation sites is 1. The van der Waals surface area contributed by atoms with Crippen LogP contribution in [0.1, 0.15) is 17.5 Å². The van der Waals surface area contributed by atoms with Gasteiger partial charge in [0.15, 0.2) is 5.17 Å². The second-order valence-electron chi connectivity index (χ2n) is 6.62. The third kappa shape index (κ3) is 4.36. The number of rotatable bonds is 5. The van der Waals surface area contributed by atoms with E-state index in [0.717, 1.165) is 16.8 Å². The van der Waals surface area contributed by atoms with Crippen LogP contribution in [0.5, 0.6) is 5.75 Å². The van der Waals surface area contributed by atoms with E-state index in [1.165, 1.54) is 16.7 Å². The molecule has 146 valence electrons. The van der Waals surface area contributed by atoms with E-state index in [1.54, 1.807) is 38.4 Å². The maximum Gasteiger partial charge on any atom is 0.242 e. The van der Waals surface area contributed by atoms with E-state index >= 15 is 0 Å². The molecule has 1 aliphatic rings. The second-order valence-corrected chi connectivity index (χ2v) is 7.79. The lowest BCUT2D eigenvalue weighted by Crippen LogP contribution is -2.30. The number of methoxy groups -OCH3 is 1. The van der Waals surface area contributed by atoms with E-state index in [4.69, 9.17) is 4.74 Å². The number of anilines is 1. The van der Waals surface area contributed by atoms with Crippen molar-refractivity contribution in [3.63, 3.8) is 0 Å². The van der Waals surface area contributed by atoms with Crippen LogP contribution in [0.15, 0.2) is 47.5 Å². The predicted octanol–water partition coefficient (Wildman–Crippen LogP) is 3.90. The summed E-state index contributed by atoms with van der Waals surface area (Å²) in [7, 11) is 3.29. The van der Waals surface area contributed by atoms with Crippen LogP contribution in [0.4, 0.5) is 11.4 Å². The summed E-state index contributed by atoms with van der Waals surface area (Å²) in [4.78, 5) is 31.2. The van der Waals surface area contributed by atoms with Gasteiger partial charge in [-0.05, 0) is 49.2 Å². The van der Waals surface area contributed by atoms with E-state index in [1.807, 2.05) is 32.0 Å². The highest BCUT2D eigenvalue weighted by Crippen LogP contribution is 2.33. The molecule has 0 bridgehead atoms. The van der Waals surface area contributed by atoms with Crippen molar-refractivity contribution < 1.29 is 14.3 Å². The molecule has 2 aromatic carbocycles. The van der Waals surface area contributed by atoms with Gasteiger partial charge in [-0.15, -0.1) is 0 Å². The van der Waals surface area contributed by atoms with Crippen molar-refractivity contribution >= 4 is 40.1 Å². The summed E-state index contributed by atoms with van der Waals surface area (Å²) in [6.07, 6.45) is 0.0889. The molecule has 28 heavy (non-hydrogen) atoms. The molecule has 7 heteroatoms. The highest BCUT2D eigenvalue weighted by Gasteiger charge is 2.37. The Labute approximate surface area is 169 Å². The maximum atomic E-state index is 12.6. The van der Waals surface area contributed by atoms with E-state index in [2.05, 4.69) is 10.3 Å². The van der Waals surface area contributed by atoms with Crippen LogP contribution in [0.3, 0.4) is 0 Å². The van der Waals surface area contributed by atoms with E-state index in [-0.39, 0.29) is 18.2 Å². The van der Waals surface area contributed by atoms with Crippen LogP contribution in [-0.4, -0.2) is 41.3 Å². The molecule has 2 amide bonds. The number of aryl methyl sites for hydroxylation is 2. The molecule has 3 rings (SSSR count). The van der Waals surface area contributed by atoms with Gasteiger partial charge in [0, 0.05) is 19.2 Å². The highest BCUT2D eigenvalue weighted by molar-refractivity contribution is 8.15. The molecule has 1 aliphatic heterocycles. The number of carbonyl (C=O) groups excluding carboxylic acids is 2. The molecule has 1 fully saturated rings. The first-order valence-corrected chi connectivity index (χ1v) is 9.80. The number of thioether (sulfide) groups is 1. The van der Waals surface area contributed by atoms with Gasteiger partial charge in [-0.1, -0.05) is 30.0 Å². The van der Waals surface area contributed by atoms with Crippen molar-refractivity contribution in [2.75, 3.05) is 19.5 Å². The number of benzene rings is 2. The zero-order valence-corrected chi connectivity index (χ0v) is 17.2. The van der Waals surface area contributed by atoms with Crippen molar-refractivity contribution in [2.45, 2.75) is 25.5 Å². The molecule has 2 aromatic rings. The molecular formula is C21H23N3O3S. The van der Waals surface area contributed by atoms with Gasteiger partial charge in [-0.3, -0.25) is 14.5 Å². The number of carbonyl (C=O) groups is 2. The zero-order chi connectivity index (χ0) is 20.3. The van der Waals surface area contributed by atoms with Crippen molar-refractivity contribution in [1.29, 1.82) is 0 Å². The van der Waals surface area contributed by atoms with Crippen LogP contribution in [0.2, 0.25) is 0 Å². The average Bonchev–Trinajstić information content (AvgIpc) is 2.93. The molecular weight excluding hydrogens is 374 g/mol. The third-order valence-corrected chi connectivity index (χ3v) is 5.76. The fourth-order valence-corrected chi connectivity index (χ4v) is 4.07. The minimum atomic E-state index is -0.480. The number of aliphatic imine (C=N–C) groups is 1. The summed E-state index contributed by atoms with van der Waals surface area (Å²) in [5.41, 5.74) is 3.64. The number of hydrogen-bond acceptors (Lipinski definition) is 5. The lowest BCUT2D eigenvalue weighted by Gasteiger charge is -2.10. The van der Waals surface area contributed by atoms with E-state index in [9.17, 15) is 9.59 Å². The lowest BCUT2D eigenvalue weighted by atomic mass is 10.1. The first-order chi connectivity index (χ1) is 13.4. The summed E-state index contributed by atoms with van der Waals surface area (Å²) in [5, 5.41) is 2.95. The molecule has 0 radical (unpaired) electrons. The molecule has 6 nitrogen and oxygen atoms in total. The maximum absolute atomic E-state index is 12.6. The summed E-state index contributed by atoms with van der Waals surface area (Å²) in [6, 6.07) is 13.0. The topological polar surface area (TPSA) is 71.0 Å². The van der Waals surface area contributed by atoms with Gasteiger partial charge in [0.1, 0.15) is 11.0 Å². The normalized spacial score (nSPS) is 17.9. The lowest BCUT2D eigenvalue weighted by molar-refractivity contribution is -0.127. The minimum absolute atomic E-state index is 0.0889. The largest absolute Gasteiger partial charge is 0.497 e. The number of amidine groups is 1. The van der Waals surface area contributed by atoms with Crippen molar-refractivity contribution in [1.82, 2.24) is 4.90 Å². The van der Waals surface area contributed by atoms with Crippen molar-refractivity contribution in [3.8, 4) is 5.75 Å². The third-order valence-electron chi connectivity index (χ3n) is 4.53. The number of hydrogen-bond donors (Lipinski definition) is 1. The molecule has 0 saturated carbocycles. The SMILES string of the molecule is COc1ccc(NC(=O)CC2SC(=Nc3c(C)cccc3C)N(C)C2=O)cc1. The Bertz CT molecular complexity index is 905. The van der Waals surface area contributed by atoms with Gasteiger partial charge in [-0.2, -0.15) is 0 Å². The molecule has 0 spiro atoms. The monoisotopic (exact) mass is 397 g/mol. The van der Waals surface area contributed by atoms with E-state index < -0.39 is 5.25 Å². The Morgan fingerprint density at radius 3 is 2.43 bits per heavy atom. The standard InChI is InChI=1S/C21H23N3O3S/c1-13-6-5-7-14(2)19(13)23-21-24(3)20(26)17(28-21)12-18(25)22-15-8-10-16(27-4)11-9-15/h5-11,17H,12H2,1-4H3,(H,22,25). The molecule has 0 aromatic heterocycles. The Balaban J connectivity index is 1.69. The summed E-state index contributed by atoms with van der Waals surface area (Å²) < 4.78 is 5.11. The first kappa shape index (κ1) is 19.9. The van der Waals surface area contributed by atoms with Crippen LogP contribution in [-0.2, 0) is 9.59 Å². The first-order valence-electron chi connectivity index (χ1n) is 8.92. The summed E-state index contributed by atoms with van der Waals surface area (Å²) >= 11 is 1.33. The zero-order valence-electron chi connectivity index (χ0n) is 16.4. The Kier molecular flexibility index (Phi) is 6.04. The van der Waals surface area contributed by atoms with Crippen molar-refractivity contribution in [2.24, 2.45) is 4.99 Å². The van der Waals surface area contributed by atoms with Crippen LogP contribution < -0.4 is 10.1 Å². The molecule has 1 N–H and O–H groups in total. The van der Waals surface area contributed by atoms with Crippen molar-refractivity contribution in [3.05, 3.63) is 53.6 Å². The van der Waals surface area contributed by atoms with Gasteiger partial charge < -0.3 is 10.1 Å². The number of ether oxygens (including phenoxy) is 1. The molecule has 1 saturated heterocycles. The molecule has 1 unspecified atom stereocenters.